The molecule has 1 heterocycles. The molecule has 0 fully saturated rings. The molecule has 3 rings (SSSR count). The predicted octanol–water partition coefficient (Wildman–Crippen LogP) is 3.64. The van der Waals surface area contributed by atoms with Crippen molar-refractivity contribution in [2.75, 3.05) is 32.5 Å². The monoisotopic (exact) mass is 515 g/mol. The molecule has 0 atom stereocenters. The first-order chi connectivity index (χ1) is 15.9. The van der Waals surface area contributed by atoms with E-state index in [9.17, 15) is 26.4 Å². The first kappa shape index (κ1) is 25.7. The highest BCUT2D eigenvalue weighted by atomic mass is 35.5. The maximum Gasteiger partial charge on any atom is 0.434 e. The van der Waals surface area contributed by atoms with Crippen molar-refractivity contribution < 1.29 is 26.4 Å². The van der Waals surface area contributed by atoms with Gasteiger partial charge in [0.2, 0.25) is 10.0 Å². The zero-order valence-electron chi connectivity index (χ0n) is 18.1. The summed E-state index contributed by atoms with van der Waals surface area (Å²) in [5.74, 6) is -1.09. The Morgan fingerprint density at radius 1 is 1.15 bits per heavy atom. The van der Waals surface area contributed by atoms with Crippen LogP contribution in [0.15, 0.2) is 59.6 Å². The van der Waals surface area contributed by atoms with Gasteiger partial charge in [-0.1, -0.05) is 17.7 Å². The number of hydrogen-bond acceptors (Lipinski definition) is 5. The number of sulfonamides is 1. The Balaban J connectivity index is 1.88. The zero-order valence-corrected chi connectivity index (χ0v) is 19.7. The summed E-state index contributed by atoms with van der Waals surface area (Å²) in [4.78, 5) is 14.4. The molecule has 13 heteroatoms. The molecule has 0 aliphatic carbocycles. The Kier molecular flexibility index (Phi) is 7.66. The highest BCUT2D eigenvalue weighted by Gasteiger charge is 2.40. The Morgan fingerprint density at radius 3 is 2.44 bits per heavy atom. The van der Waals surface area contributed by atoms with Gasteiger partial charge in [0.15, 0.2) is 5.69 Å². The minimum absolute atomic E-state index is 0.00727. The summed E-state index contributed by atoms with van der Waals surface area (Å²) in [5, 5.41) is 6.38. The average molecular weight is 516 g/mol. The molecule has 0 aliphatic heterocycles. The second-order valence-corrected chi connectivity index (χ2v) is 9.68. The third-order valence-electron chi connectivity index (χ3n) is 4.61. The Labute approximate surface area is 199 Å². The van der Waals surface area contributed by atoms with Crippen LogP contribution in [0.2, 0.25) is 5.02 Å². The molecular formula is C21H21ClF3N5O3S. The number of carbonyl (C=O) groups excluding carboxylic acids is 1. The summed E-state index contributed by atoms with van der Waals surface area (Å²) < 4.78 is 69.5. The van der Waals surface area contributed by atoms with Crippen molar-refractivity contribution in [1.82, 2.24) is 19.4 Å². The molecule has 0 radical (unpaired) electrons. The van der Waals surface area contributed by atoms with Crippen molar-refractivity contribution in [2.45, 2.75) is 11.1 Å². The van der Waals surface area contributed by atoms with Gasteiger partial charge >= 0.3 is 6.18 Å². The summed E-state index contributed by atoms with van der Waals surface area (Å²) >= 11 is 5.80. The maximum atomic E-state index is 13.8. The lowest BCUT2D eigenvalue weighted by Gasteiger charge is -2.14. The van der Waals surface area contributed by atoms with Crippen molar-refractivity contribution in [1.29, 1.82) is 0 Å². The van der Waals surface area contributed by atoms with E-state index in [4.69, 9.17) is 11.6 Å². The summed E-state index contributed by atoms with van der Waals surface area (Å²) in [5.41, 5.74) is -1.93. The van der Waals surface area contributed by atoms with Gasteiger partial charge in [-0.3, -0.25) is 4.79 Å². The third-order valence-corrected chi connectivity index (χ3v) is 6.32. The molecule has 1 aromatic heterocycles. The van der Waals surface area contributed by atoms with Gasteiger partial charge in [0.1, 0.15) is 0 Å². The molecule has 3 aromatic rings. The van der Waals surface area contributed by atoms with E-state index in [1.165, 1.54) is 42.5 Å². The van der Waals surface area contributed by atoms with Gasteiger partial charge in [-0.15, -0.1) is 0 Å². The van der Waals surface area contributed by atoms with E-state index in [2.05, 4.69) is 15.1 Å². The molecule has 0 aliphatic rings. The van der Waals surface area contributed by atoms with E-state index >= 15 is 0 Å². The number of amides is 1. The largest absolute Gasteiger partial charge is 0.434 e. The minimum atomic E-state index is -4.90. The van der Waals surface area contributed by atoms with Crippen LogP contribution in [0, 0.1) is 0 Å². The van der Waals surface area contributed by atoms with Crippen LogP contribution >= 0.6 is 11.6 Å². The molecular weight excluding hydrogens is 495 g/mol. The van der Waals surface area contributed by atoms with Crippen LogP contribution in [0.4, 0.5) is 18.9 Å². The van der Waals surface area contributed by atoms with Crippen LogP contribution in [0.5, 0.6) is 0 Å². The number of hydrogen-bond donors (Lipinski definition) is 2. The molecule has 34 heavy (non-hydrogen) atoms. The van der Waals surface area contributed by atoms with Gasteiger partial charge in [0.25, 0.3) is 5.91 Å². The SMILES string of the molecule is CN(C)CCNS(=O)(=O)c1cccc(NC(=O)c2cnn(-c3ccc(Cl)cc3)c2C(F)(F)F)c1. The molecule has 0 unspecified atom stereocenters. The fourth-order valence-corrected chi connectivity index (χ4v) is 4.18. The van der Waals surface area contributed by atoms with E-state index in [0.717, 1.165) is 12.3 Å². The lowest BCUT2D eigenvalue weighted by atomic mass is 10.2. The number of benzene rings is 2. The molecule has 8 nitrogen and oxygen atoms in total. The van der Waals surface area contributed by atoms with Gasteiger partial charge in [-0.05, 0) is 56.6 Å². The van der Waals surface area contributed by atoms with Crippen LogP contribution < -0.4 is 10.0 Å². The lowest BCUT2D eigenvalue weighted by Crippen LogP contribution is -2.31. The molecule has 2 N–H and O–H groups in total. The molecule has 1 amide bonds. The third kappa shape index (κ3) is 6.14. The van der Waals surface area contributed by atoms with Crippen molar-refractivity contribution >= 4 is 33.2 Å². The molecule has 0 spiro atoms. The molecule has 2 aromatic carbocycles. The van der Waals surface area contributed by atoms with Crippen LogP contribution in [-0.4, -0.2) is 56.2 Å². The van der Waals surface area contributed by atoms with Crippen molar-refractivity contribution in [3.05, 3.63) is 71.0 Å². The van der Waals surface area contributed by atoms with Gasteiger partial charge in [-0.2, -0.15) is 18.3 Å². The standard InChI is InChI=1S/C21H21ClF3N5O3S/c1-29(2)11-10-27-34(32,33)17-5-3-4-15(12-17)28-20(31)18-13-26-30(19(18)21(23,24)25)16-8-6-14(22)7-9-16/h3-9,12-13,27H,10-11H2,1-2H3,(H,28,31). The van der Waals surface area contributed by atoms with Crippen LogP contribution in [0.1, 0.15) is 16.1 Å². The van der Waals surface area contributed by atoms with E-state index < -0.39 is 33.4 Å². The van der Waals surface area contributed by atoms with Gasteiger partial charge in [0.05, 0.1) is 22.3 Å². The first-order valence-corrected chi connectivity index (χ1v) is 11.7. The Morgan fingerprint density at radius 2 is 1.82 bits per heavy atom. The van der Waals surface area contributed by atoms with Crippen molar-refractivity contribution in [2.24, 2.45) is 0 Å². The quantitative estimate of drug-likeness (QED) is 0.477. The molecule has 0 bridgehead atoms. The summed E-state index contributed by atoms with van der Waals surface area (Å²) in [6.45, 7) is 0.623. The number of likely N-dealkylation sites (N-methyl/N-ethyl adjacent to an activating group) is 1. The zero-order chi connectivity index (χ0) is 25.1. The predicted molar refractivity (Wildman–Crippen MR) is 122 cm³/mol. The highest BCUT2D eigenvalue weighted by Crippen LogP contribution is 2.34. The van der Waals surface area contributed by atoms with E-state index in [1.54, 1.807) is 19.0 Å². The van der Waals surface area contributed by atoms with E-state index in [1.807, 2.05) is 0 Å². The van der Waals surface area contributed by atoms with E-state index in [-0.39, 0.29) is 22.8 Å². The van der Waals surface area contributed by atoms with Crippen LogP contribution in [0.3, 0.4) is 0 Å². The number of alkyl halides is 3. The van der Waals surface area contributed by atoms with Crippen LogP contribution in [0.25, 0.3) is 5.69 Å². The highest BCUT2D eigenvalue weighted by molar-refractivity contribution is 7.89. The van der Waals surface area contributed by atoms with E-state index in [0.29, 0.717) is 16.2 Å². The van der Waals surface area contributed by atoms with Gasteiger partial charge < -0.3 is 10.2 Å². The topological polar surface area (TPSA) is 96.3 Å². The fourth-order valence-electron chi connectivity index (χ4n) is 2.99. The van der Waals surface area contributed by atoms with Crippen molar-refractivity contribution in [3.8, 4) is 5.69 Å². The number of rotatable bonds is 8. The fraction of sp³-hybridized carbons (Fsp3) is 0.238. The summed E-state index contributed by atoms with van der Waals surface area (Å²) in [6, 6.07) is 10.7. The van der Waals surface area contributed by atoms with Crippen LogP contribution in [-0.2, 0) is 16.2 Å². The lowest BCUT2D eigenvalue weighted by molar-refractivity contribution is -0.143. The Bertz CT molecular complexity index is 1280. The molecule has 182 valence electrons. The van der Waals surface area contributed by atoms with Gasteiger partial charge in [-0.25, -0.2) is 17.8 Å². The molecule has 0 saturated heterocycles. The minimum Gasteiger partial charge on any atom is -0.322 e. The number of carbonyl (C=O) groups is 1. The summed E-state index contributed by atoms with van der Waals surface area (Å²) in [6.07, 6.45) is -4.10. The normalized spacial score (nSPS) is 12.2. The smallest absolute Gasteiger partial charge is 0.322 e. The van der Waals surface area contributed by atoms with Crippen molar-refractivity contribution in [3.63, 3.8) is 0 Å². The first-order valence-electron chi connectivity index (χ1n) is 9.85. The number of nitrogens with one attached hydrogen (secondary N) is 2. The second kappa shape index (κ2) is 10.1. The number of aromatic nitrogens is 2. The number of anilines is 1. The number of halogens is 4. The maximum absolute atomic E-state index is 13.8. The molecule has 0 saturated carbocycles. The average Bonchev–Trinajstić information content (AvgIpc) is 3.20. The summed E-state index contributed by atoms with van der Waals surface area (Å²) in [7, 11) is -0.308. The van der Waals surface area contributed by atoms with Gasteiger partial charge in [0, 0.05) is 23.8 Å². The number of nitrogens with zero attached hydrogens (tertiary/aromatic N) is 3. The second-order valence-electron chi connectivity index (χ2n) is 7.48. The Hall–Kier alpha value is -2.93.